The molecular weight excluding hydrogens is 258 g/mol. The summed E-state index contributed by atoms with van der Waals surface area (Å²) >= 11 is 1.77. The third kappa shape index (κ3) is 2.83. The normalized spacial score (nSPS) is 23.2. The van der Waals surface area contributed by atoms with Gasteiger partial charge in [-0.2, -0.15) is 0 Å². The number of nitrogens with two attached hydrogens (primary N) is 1. The van der Waals surface area contributed by atoms with Crippen LogP contribution in [0.2, 0.25) is 0 Å². The van der Waals surface area contributed by atoms with Crippen molar-refractivity contribution in [1.29, 1.82) is 0 Å². The van der Waals surface area contributed by atoms with Crippen LogP contribution >= 0.6 is 11.3 Å². The molecule has 2 heterocycles. The minimum Gasteiger partial charge on any atom is -0.353 e. The SMILES string of the molecule is NC1(C(=O)NCC(c2cccs2)N2CCCC2)CC1. The number of carbonyl (C=O) groups excluding carboxylic acids is 1. The van der Waals surface area contributed by atoms with Crippen molar-refractivity contribution in [2.45, 2.75) is 37.3 Å². The molecule has 1 aromatic heterocycles. The highest BCUT2D eigenvalue weighted by Crippen LogP contribution is 2.33. The molecule has 0 radical (unpaired) electrons. The lowest BCUT2D eigenvalue weighted by Crippen LogP contribution is -2.45. The van der Waals surface area contributed by atoms with Crippen LogP contribution in [0.5, 0.6) is 0 Å². The Kier molecular flexibility index (Phi) is 3.60. The Bertz CT molecular complexity index is 436. The first-order chi connectivity index (χ1) is 9.19. The average molecular weight is 279 g/mol. The van der Waals surface area contributed by atoms with Crippen LogP contribution in [0.15, 0.2) is 17.5 Å². The summed E-state index contributed by atoms with van der Waals surface area (Å²) in [4.78, 5) is 15.8. The predicted octanol–water partition coefficient (Wildman–Crippen LogP) is 1.49. The van der Waals surface area contributed by atoms with E-state index in [4.69, 9.17) is 5.73 Å². The average Bonchev–Trinajstić information content (AvgIpc) is 2.91. The van der Waals surface area contributed by atoms with Gasteiger partial charge in [0.25, 0.3) is 0 Å². The Labute approximate surface area is 118 Å². The highest BCUT2D eigenvalue weighted by molar-refractivity contribution is 7.10. The quantitative estimate of drug-likeness (QED) is 0.858. The van der Waals surface area contributed by atoms with E-state index in [2.05, 4.69) is 27.7 Å². The van der Waals surface area contributed by atoms with Crippen molar-refractivity contribution in [2.24, 2.45) is 5.73 Å². The number of thiophene rings is 1. The second kappa shape index (κ2) is 5.23. The predicted molar refractivity (Wildman–Crippen MR) is 77.0 cm³/mol. The summed E-state index contributed by atoms with van der Waals surface area (Å²) in [6.07, 6.45) is 4.17. The summed E-state index contributed by atoms with van der Waals surface area (Å²) in [5.41, 5.74) is 5.36. The fourth-order valence-corrected chi connectivity index (χ4v) is 3.53. The van der Waals surface area contributed by atoms with Gasteiger partial charge in [-0.05, 0) is 50.2 Å². The third-order valence-electron chi connectivity index (χ3n) is 4.15. The standard InChI is InChI=1S/C14H21N3OS/c15-14(5-6-14)13(18)16-10-11(12-4-3-9-19-12)17-7-1-2-8-17/h3-4,9,11H,1-2,5-8,10,15H2,(H,16,18). The molecular formula is C14H21N3OS. The molecule has 1 atom stereocenters. The number of hydrogen-bond donors (Lipinski definition) is 2. The third-order valence-corrected chi connectivity index (χ3v) is 5.12. The molecule has 1 saturated heterocycles. The zero-order valence-electron chi connectivity index (χ0n) is 11.1. The van der Waals surface area contributed by atoms with E-state index >= 15 is 0 Å². The monoisotopic (exact) mass is 279 g/mol. The number of hydrogen-bond acceptors (Lipinski definition) is 4. The van der Waals surface area contributed by atoms with Crippen molar-refractivity contribution in [2.75, 3.05) is 19.6 Å². The summed E-state index contributed by atoms with van der Waals surface area (Å²) in [6.45, 7) is 2.94. The maximum Gasteiger partial charge on any atom is 0.240 e. The van der Waals surface area contributed by atoms with Gasteiger partial charge in [0.15, 0.2) is 0 Å². The molecule has 1 aromatic rings. The summed E-state index contributed by atoms with van der Waals surface area (Å²) in [7, 11) is 0. The maximum atomic E-state index is 12.0. The number of nitrogens with zero attached hydrogens (tertiary/aromatic N) is 1. The van der Waals surface area contributed by atoms with Crippen LogP contribution < -0.4 is 11.1 Å². The smallest absolute Gasteiger partial charge is 0.240 e. The van der Waals surface area contributed by atoms with E-state index in [1.54, 1.807) is 11.3 Å². The fraction of sp³-hybridized carbons (Fsp3) is 0.643. The van der Waals surface area contributed by atoms with E-state index in [1.165, 1.54) is 17.7 Å². The van der Waals surface area contributed by atoms with Gasteiger partial charge in [-0.1, -0.05) is 6.07 Å². The molecule has 1 saturated carbocycles. The van der Waals surface area contributed by atoms with Gasteiger partial charge in [-0.15, -0.1) is 11.3 Å². The number of nitrogens with one attached hydrogen (secondary N) is 1. The van der Waals surface area contributed by atoms with Crippen LogP contribution in [-0.4, -0.2) is 36.0 Å². The van der Waals surface area contributed by atoms with E-state index in [9.17, 15) is 4.79 Å². The number of carbonyl (C=O) groups is 1. The number of rotatable bonds is 5. The van der Waals surface area contributed by atoms with E-state index in [-0.39, 0.29) is 5.91 Å². The molecule has 1 amide bonds. The minimum absolute atomic E-state index is 0.0215. The molecule has 0 bridgehead atoms. The molecule has 104 valence electrons. The van der Waals surface area contributed by atoms with Crippen LogP contribution in [0, 0.1) is 0 Å². The van der Waals surface area contributed by atoms with E-state index in [0.717, 1.165) is 25.9 Å². The Balaban J connectivity index is 1.64. The zero-order chi connectivity index (χ0) is 13.3. The Morgan fingerprint density at radius 3 is 2.79 bits per heavy atom. The molecule has 1 aliphatic carbocycles. The Morgan fingerprint density at radius 2 is 2.21 bits per heavy atom. The first-order valence-corrected chi connectivity index (χ1v) is 7.92. The second-order valence-electron chi connectivity index (χ2n) is 5.64. The molecule has 3 N–H and O–H groups in total. The van der Waals surface area contributed by atoms with Gasteiger partial charge < -0.3 is 11.1 Å². The van der Waals surface area contributed by atoms with E-state index < -0.39 is 5.54 Å². The van der Waals surface area contributed by atoms with Gasteiger partial charge in [-0.25, -0.2) is 0 Å². The van der Waals surface area contributed by atoms with Gasteiger partial charge in [0.05, 0.1) is 11.6 Å². The highest BCUT2D eigenvalue weighted by atomic mass is 32.1. The molecule has 1 unspecified atom stereocenters. The van der Waals surface area contributed by atoms with Gasteiger partial charge in [0.1, 0.15) is 0 Å². The largest absolute Gasteiger partial charge is 0.353 e. The van der Waals surface area contributed by atoms with Gasteiger partial charge in [0.2, 0.25) is 5.91 Å². The second-order valence-corrected chi connectivity index (χ2v) is 6.62. The fourth-order valence-electron chi connectivity index (χ4n) is 2.67. The topological polar surface area (TPSA) is 58.4 Å². The molecule has 0 aromatic carbocycles. The summed E-state index contributed by atoms with van der Waals surface area (Å²) in [6, 6.07) is 4.56. The van der Waals surface area contributed by atoms with Crippen LogP contribution in [0.3, 0.4) is 0 Å². The lowest BCUT2D eigenvalue weighted by atomic mass is 10.2. The van der Waals surface area contributed by atoms with Gasteiger partial charge >= 0.3 is 0 Å². The van der Waals surface area contributed by atoms with Crippen molar-refractivity contribution < 1.29 is 4.79 Å². The first-order valence-electron chi connectivity index (χ1n) is 7.04. The van der Waals surface area contributed by atoms with E-state index in [1.807, 2.05) is 0 Å². The molecule has 2 aliphatic rings. The highest BCUT2D eigenvalue weighted by Gasteiger charge is 2.46. The van der Waals surface area contributed by atoms with E-state index in [0.29, 0.717) is 12.6 Å². The first kappa shape index (κ1) is 13.1. The van der Waals surface area contributed by atoms with Gasteiger partial charge in [0, 0.05) is 11.4 Å². The number of amides is 1. The van der Waals surface area contributed by atoms with Crippen LogP contribution in [0.4, 0.5) is 0 Å². The zero-order valence-corrected chi connectivity index (χ0v) is 11.9. The minimum atomic E-state index is -0.564. The summed E-state index contributed by atoms with van der Waals surface area (Å²) in [5.74, 6) is 0.0215. The number of likely N-dealkylation sites (tertiary alicyclic amines) is 1. The van der Waals surface area contributed by atoms with Crippen molar-refractivity contribution >= 4 is 17.2 Å². The molecule has 1 aliphatic heterocycles. The summed E-state index contributed by atoms with van der Waals surface area (Å²) < 4.78 is 0. The Hall–Kier alpha value is -0.910. The molecule has 3 rings (SSSR count). The van der Waals surface area contributed by atoms with Crippen LogP contribution in [0.25, 0.3) is 0 Å². The lowest BCUT2D eigenvalue weighted by molar-refractivity contribution is -0.123. The molecule has 0 spiro atoms. The van der Waals surface area contributed by atoms with Crippen LogP contribution in [-0.2, 0) is 4.79 Å². The van der Waals surface area contributed by atoms with Crippen molar-refractivity contribution in [3.63, 3.8) is 0 Å². The lowest BCUT2D eigenvalue weighted by Gasteiger charge is -2.27. The van der Waals surface area contributed by atoms with Crippen molar-refractivity contribution in [3.05, 3.63) is 22.4 Å². The Morgan fingerprint density at radius 1 is 1.47 bits per heavy atom. The van der Waals surface area contributed by atoms with Gasteiger partial charge in [-0.3, -0.25) is 9.69 Å². The van der Waals surface area contributed by atoms with Crippen molar-refractivity contribution in [1.82, 2.24) is 10.2 Å². The molecule has 2 fully saturated rings. The summed E-state index contributed by atoms with van der Waals surface area (Å²) in [5, 5.41) is 5.15. The van der Waals surface area contributed by atoms with Crippen molar-refractivity contribution in [3.8, 4) is 0 Å². The molecule has 5 heteroatoms. The molecule has 19 heavy (non-hydrogen) atoms. The molecule has 4 nitrogen and oxygen atoms in total. The maximum absolute atomic E-state index is 12.0. The van der Waals surface area contributed by atoms with Crippen LogP contribution in [0.1, 0.15) is 36.6 Å².